The standard InChI is InChI=1S/C19H21N5O2S/c1-11-4-3-5-14(12(11)2)22-17(25)13-6-8-24(9-7-13)19-23-16-15(27-19)18(26)21-10-20-16/h3-5,10,13H,6-9H2,1-2H3,(H,22,25)(H,20,21,26). The number of amides is 1. The van der Waals surface area contributed by atoms with Crippen LogP contribution in [0.3, 0.4) is 0 Å². The van der Waals surface area contributed by atoms with Gasteiger partial charge in [0.15, 0.2) is 10.8 Å². The predicted molar refractivity (Wildman–Crippen MR) is 108 cm³/mol. The minimum absolute atomic E-state index is 0.0166. The third-order valence-electron chi connectivity index (χ3n) is 5.19. The summed E-state index contributed by atoms with van der Waals surface area (Å²) in [6.45, 7) is 5.54. The largest absolute Gasteiger partial charge is 0.348 e. The minimum atomic E-state index is -0.161. The topological polar surface area (TPSA) is 91.0 Å². The van der Waals surface area contributed by atoms with E-state index in [1.165, 1.54) is 23.2 Å². The molecule has 2 N–H and O–H groups in total. The summed E-state index contributed by atoms with van der Waals surface area (Å²) < 4.78 is 0.544. The van der Waals surface area contributed by atoms with Crippen LogP contribution >= 0.6 is 11.3 Å². The Morgan fingerprint density at radius 1 is 1.30 bits per heavy atom. The number of carbonyl (C=O) groups is 1. The van der Waals surface area contributed by atoms with Crippen LogP contribution in [0.5, 0.6) is 0 Å². The molecule has 27 heavy (non-hydrogen) atoms. The molecule has 4 rings (SSSR count). The molecule has 7 nitrogen and oxygen atoms in total. The molecule has 1 amide bonds. The zero-order valence-corrected chi connectivity index (χ0v) is 16.1. The number of rotatable bonds is 3. The van der Waals surface area contributed by atoms with Crippen LogP contribution in [0.1, 0.15) is 24.0 Å². The van der Waals surface area contributed by atoms with Crippen LogP contribution in [-0.4, -0.2) is 33.9 Å². The lowest BCUT2D eigenvalue weighted by Crippen LogP contribution is -2.38. The number of hydrogen-bond donors (Lipinski definition) is 2. The minimum Gasteiger partial charge on any atom is -0.348 e. The van der Waals surface area contributed by atoms with Crippen molar-refractivity contribution in [1.82, 2.24) is 15.0 Å². The van der Waals surface area contributed by atoms with Crippen molar-refractivity contribution < 1.29 is 4.79 Å². The SMILES string of the molecule is Cc1cccc(NC(=O)C2CCN(c3nc4nc[nH]c(=O)c4s3)CC2)c1C. The molecule has 2 aromatic heterocycles. The van der Waals surface area contributed by atoms with Crippen molar-refractivity contribution in [2.75, 3.05) is 23.3 Å². The third kappa shape index (κ3) is 3.44. The van der Waals surface area contributed by atoms with Crippen molar-refractivity contribution in [1.29, 1.82) is 0 Å². The van der Waals surface area contributed by atoms with E-state index in [4.69, 9.17) is 0 Å². The van der Waals surface area contributed by atoms with Gasteiger partial charge in [0.05, 0.1) is 6.33 Å². The van der Waals surface area contributed by atoms with Gasteiger partial charge in [0.25, 0.3) is 5.56 Å². The number of thiazole rings is 1. The molecular formula is C19H21N5O2S. The predicted octanol–water partition coefficient (Wildman–Crippen LogP) is 2.85. The molecule has 3 heterocycles. The summed E-state index contributed by atoms with van der Waals surface area (Å²) in [6.07, 6.45) is 2.89. The molecular weight excluding hydrogens is 362 g/mol. The van der Waals surface area contributed by atoms with Crippen LogP contribution < -0.4 is 15.8 Å². The van der Waals surface area contributed by atoms with Crippen LogP contribution in [0.25, 0.3) is 10.3 Å². The van der Waals surface area contributed by atoms with E-state index < -0.39 is 0 Å². The molecule has 1 aliphatic rings. The van der Waals surface area contributed by atoms with Crippen LogP contribution in [0.4, 0.5) is 10.8 Å². The van der Waals surface area contributed by atoms with Gasteiger partial charge in [-0.15, -0.1) is 0 Å². The monoisotopic (exact) mass is 383 g/mol. The van der Waals surface area contributed by atoms with Gasteiger partial charge in [-0.05, 0) is 43.9 Å². The number of aromatic nitrogens is 3. The highest BCUT2D eigenvalue weighted by atomic mass is 32.1. The quantitative estimate of drug-likeness (QED) is 0.726. The number of hydrogen-bond acceptors (Lipinski definition) is 6. The number of benzene rings is 1. The van der Waals surface area contributed by atoms with E-state index in [1.807, 2.05) is 32.0 Å². The van der Waals surface area contributed by atoms with E-state index >= 15 is 0 Å². The van der Waals surface area contributed by atoms with Gasteiger partial charge in [-0.3, -0.25) is 9.59 Å². The highest BCUT2D eigenvalue weighted by molar-refractivity contribution is 7.22. The lowest BCUT2D eigenvalue weighted by atomic mass is 9.96. The van der Waals surface area contributed by atoms with E-state index in [0.29, 0.717) is 10.3 Å². The third-order valence-corrected chi connectivity index (χ3v) is 6.29. The smallest absolute Gasteiger partial charge is 0.270 e. The summed E-state index contributed by atoms with van der Waals surface area (Å²) >= 11 is 1.35. The van der Waals surface area contributed by atoms with Gasteiger partial charge in [-0.25, -0.2) is 4.98 Å². The zero-order chi connectivity index (χ0) is 19.0. The Kier molecular flexibility index (Phi) is 4.65. The second kappa shape index (κ2) is 7.11. The molecule has 0 atom stereocenters. The maximum absolute atomic E-state index is 12.7. The average molecular weight is 383 g/mol. The van der Waals surface area contributed by atoms with Crippen LogP contribution in [0, 0.1) is 19.8 Å². The Bertz CT molecular complexity index is 1050. The molecule has 0 aliphatic carbocycles. The first-order valence-electron chi connectivity index (χ1n) is 8.99. The number of fused-ring (bicyclic) bond motifs is 1. The fourth-order valence-corrected chi connectivity index (χ4v) is 4.31. The normalized spacial score (nSPS) is 15.3. The van der Waals surface area contributed by atoms with Gasteiger partial charge in [0.2, 0.25) is 5.91 Å². The second-order valence-electron chi connectivity index (χ2n) is 6.88. The van der Waals surface area contributed by atoms with E-state index in [-0.39, 0.29) is 17.4 Å². The first kappa shape index (κ1) is 17.7. The van der Waals surface area contributed by atoms with Crippen molar-refractivity contribution in [3.8, 4) is 0 Å². The fourth-order valence-electron chi connectivity index (χ4n) is 3.34. The van der Waals surface area contributed by atoms with Gasteiger partial charge in [-0.2, -0.15) is 4.98 Å². The van der Waals surface area contributed by atoms with Gasteiger partial charge in [0, 0.05) is 24.7 Å². The van der Waals surface area contributed by atoms with E-state index in [0.717, 1.165) is 42.3 Å². The van der Waals surface area contributed by atoms with Gasteiger partial charge in [0.1, 0.15) is 4.70 Å². The summed E-state index contributed by atoms with van der Waals surface area (Å²) in [5.74, 6) is 0.0582. The molecule has 3 aromatic rings. The van der Waals surface area contributed by atoms with Crippen molar-refractivity contribution >= 4 is 38.4 Å². The number of anilines is 2. The molecule has 1 aromatic carbocycles. The summed E-state index contributed by atoms with van der Waals surface area (Å²) in [7, 11) is 0. The van der Waals surface area contributed by atoms with E-state index in [1.54, 1.807) is 0 Å². The first-order chi connectivity index (χ1) is 13.0. The first-order valence-corrected chi connectivity index (χ1v) is 9.81. The molecule has 0 radical (unpaired) electrons. The Balaban J connectivity index is 1.42. The van der Waals surface area contributed by atoms with Crippen molar-refractivity contribution in [3.05, 3.63) is 46.0 Å². The van der Waals surface area contributed by atoms with Crippen LogP contribution in [-0.2, 0) is 4.79 Å². The summed E-state index contributed by atoms with van der Waals surface area (Å²) in [6, 6.07) is 5.95. The Morgan fingerprint density at radius 3 is 2.81 bits per heavy atom. The zero-order valence-electron chi connectivity index (χ0n) is 15.3. The molecule has 0 spiro atoms. The molecule has 8 heteroatoms. The van der Waals surface area contributed by atoms with Gasteiger partial charge >= 0.3 is 0 Å². The summed E-state index contributed by atoms with van der Waals surface area (Å²) in [4.78, 5) is 37.8. The Hall–Kier alpha value is -2.74. The van der Waals surface area contributed by atoms with Crippen molar-refractivity contribution in [2.24, 2.45) is 5.92 Å². The van der Waals surface area contributed by atoms with Gasteiger partial charge in [-0.1, -0.05) is 23.5 Å². The molecule has 1 fully saturated rings. The average Bonchev–Trinajstić information content (AvgIpc) is 3.11. The van der Waals surface area contributed by atoms with Crippen LogP contribution in [0.15, 0.2) is 29.3 Å². The number of nitrogens with one attached hydrogen (secondary N) is 2. The Labute approximate surface area is 160 Å². The number of H-pyrrole nitrogens is 1. The molecule has 0 bridgehead atoms. The fraction of sp³-hybridized carbons (Fsp3) is 0.368. The molecule has 1 saturated heterocycles. The van der Waals surface area contributed by atoms with Gasteiger partial charge < -0.3 is 15.2 Å². The highest BCUT2D eigenvalue weighted by Gasteiger charge is 2.27. The van der Waals surface area contributed by atoms with Crippen molar-refractivity contribution in [3.63, 3.8) is 0 Å². The lowest BCUT2D eigenvalue weighted by molar-refractivity contribution is -0.120. The number of piperidine rings is 1. The highest BCUT2D eigenvalue weighted by Crippen LogP contribution is 2.29. The lowest BCUT2D eigenvalue weighted by Gasteiger charge is -2.31. The Morgan fingerprint density at radius 2 is 2.07 bits per heavy atom. The van der Waals surface area contributed by atoms with Crippen LogP contribution in [0.2, 0.25) is 0 Å². The molecule has 140 valence electrons. The molecule has 1 aliphatic heterocycles. The maximum Gasteiger partial charge on any atom is 0.270 e. The second-order valence-corrected chi connectivity index (χ2v) is 7.86. The summed E-state index contributed by atoms with van der Waals surface area (Å²) in [5, 5.41) is 3.87. The van der Waals surface area contributed by atoms with E-state index in [9.17, 15) is 9.59 Å². The maximum atomic E-state index is 12.7. The molecule has 0 saturated carbocycles. The number of aryl methyl sites for hydroxylation is 1. The van der Waals surface area contributed by atoms with Crippen molar-refractivity contribution in [2.45, 2.75) is 26.7 Å². The summed E-state index contributed by atoms with van der Waals surface area (Å²) in [5.41, 5.74) is 3.48. The van der Waals surface area contributed by atoms with E-state index in [2.05, 4.69) is 25.2 Å². The molecule has 0 unspecified atom stereocenters. The number of nitrogens with zero attached hydrogens (tertiary/aromatic N) is 3. The number of carbonyl (C=O) groups excluding carboxylic acids is 1. The number of aromatic amines is 1.